The van der Waals surface area contributed by atoms with Gasteiger partial charge < -0.3 is 4.42 Å². The van der Waals surface area contributed by atoms with Gasteiger partial charge in [0.2, 0.25) is 5.89 Å². The molecule has 2 nitrogen and oxygen atoms in total. The lowest BCUT2D eigenvalue weighted by molar-refractivity contribution is 0.600. The second-order valence-electron chi connectivity index (χ2n) is 4.85. The molecule has 0 amide bonds. The summed E-state index contributed by atoms with van der Waals surface area (Å²) >= 11 is 5.43. The van der Waals surface area contributed by atoms with Crippen LogP contribution in [0.1, 0.15) is 0 Å². The molecule has 0 spiro atoms. The summed E-state index contributed by atoms with van der Waals surface area (Å²) in [6.07, 6.45) is 0. The van der Waals surface area contributed by atoms with E-state index < -0.39 is 0 Å². The van der Waals surface area contributed by atoms with Crippen molar-refractivity contribution in [3.63, 3.8) is 0 Å². The van der Waals surface area contributed by atoms with Crippen molar-refractivity contribution in [2.75, 3.05) is 0 Å². The highest BCUT2D eigenvalue weighted by atomic mass is 32.1. The lowest BCUT2D eigenvalue weighted by atomic mass is 10.1. The number of nitrogens with zero attached hydrogens (tertiary/aromatic N) is 1. The molecule has 0 unspecified atom stereocenters. The van der Waals surface area contributed by atoms with E-state index in [1.165, 1.54) is 0 Å². The molecular formula is C18H11NOS. The highest BCUT2D eigenvalue weighted by molar-refractivity contribution is 7.71. The Hall–Kier alpha value is -2.52. The zero-order valence-electron chi connectivity index (χ0n) is 11.1. The molecule has 4 rings (SSSR count). The van der Waals surface area contributed by atoms with E-state index in [0.717, 1.165) is 27.3 Å². The van der Waals surface area contributed by atoms with E-state index in [4.69, 9.17) is 16.6 Å². The second kappa shape index (κ2) is 4.79. The van der Waals surface area contributed by atoms with Gasteiger partial charge in [-0.15, -0.1) is 0 Å². The van der Waals surface area contributed by atoms with Crippen LogP contribution in [-0.2, 0) is 0 Å². The maximum absolute atomic E-state index is 6.06. The highest BCUT2D eigenvalue weighted by Gasteiger charge is 2.09. The fraction of sp³-hybridized carbons (Fsp3) is 0. The zero-order valence-corrected chi connectivity index (χ0v) is 11.9. The Labute approximate surface area is 126 Å². The molecule has 0 N–H and O–H groups in total. The molecule has 0 fully saturated rings. The van der Waals surface area contributed by atoms with E-state index in [-0.39, 0.29) is 0 Å². The number of aromatic nitrogens is 1. The van der Waals surface area contributed by atoms with E-state index in [0.29, 0.717) is 10.5 Å². The fourth-order valence-corrected chi connectivity index (χ4v) is 2.74. The van der Waals surface area contributed by atoms with Crippen molar-refractivity contribution in [1.29, 1.82) is 0 Å². The molecule has 0 radical (unpaired) electrons. The van der Waals surface area contributed by atoms with Crippen LogP contribution in [0.5, 0.6) is 0 Å². The summed E-state index contributed by atoms with van der Waals surface area (Å²) in [5.74, 6) is 0.560. The summed E-state index contributed by atoms with van der Waals surface area (Å²) in [7, 11) is 0. The quantitative estimate of drug-likeness (QED) is 0.347. The van der Waals surface area contributed by atoms with Crippen LogP contribution in [0, 0.1) is 4.64 Å². The van der Waals surface area contributed by atoms with Gasteiger partial charge in [-0.05, 0) is 23.6 Å². The van der Waals surface area contributed by atoms with Crippen molar-refractivity contribution in [1.82, 2.24) is 4.98 Å². The van der Waals surface area contributed by atoms with E-state index in [2.05, 4.69) is 11.1 Å². The molecule has 0 aliphatic rings. The van der Waals surface area contributed by atoms with Crippen LogP contribution in [-0.4, -0.2) is 4.98 Å². The molecule has 1 heterocycles. The van der Waals surface area contributed by atoms with Crippen molar-refractivity contribution in [3.8, 4) is 11.5 Å². The normalized spacial score (nSPS) is 11.0. The molecule has 0 atom stereocenters. The standard InChI is InChI=1S/C18H11NOS/c21-18-15-11-10-12-6-4-5-9-14(12)16(15)20-17(19-18)13-7-2-1-3-8-13/h1-11H. The largest absolute Gasteiger partial charge is 0.437 e. The van der Waals surface area contributed by atoms with Crippen molar-refractivity contribution >= 4 is 34.0 Å². The summed E-state index contributed by atoms with van der Waals surface area (Å²) in [5, 5.41) is 3.07. The first-order chi connectivity index (χ1) is 10.3. The minimum Gasteiger partial charge on any atom is -0.437 e. The first-order valence-electron chi connectivity index (χ1n) is 6.71. The minimum atomic E-state index is 0.560. The molecule has 1 aromatic heterocycles. The molecule has 0 saturated heterocycles. The Kier molecular flexibility index (Phi) is 2.79. The van der Waals surface area contributed by atoms with Crippen LogP contribution in [0.3, 0.4) is 0 Å². The molecule has 0 aliphatic heterocycles. The molecule has 3 aromatic carbocycles. The van der Waals surface area contributed by atoms with Crippen molar-refractivity contribution in [2.24, 2.45) is 0 Å². The van der Waals surface area contributed by atoms with Gasteiger partial charge in [0.1, 0.15) is 10.2 Å². The third-order valence-corrected chi connectivity index (χ3v) is 3.84. The molecular weight excluding hydrogens is 278 g/mol. The van der Waals surface area contributed by atoms with E-state index in [1.54, 1.807) is 0 Å². The summed E-state index contributed by atoms with van der Waals surface area (Å²) in [6, 6.07) is 22.0. The summed E-state index contributed by atoms with van der Waals surface area (Å²) < 4.78 is 6.63. The van der Waals surface area contributed by atoms with Crippen LogP contribution in [0.4, 0.5) is 0 Å². The lowest BCUT2D eigenvalue weighted by Crippen LogP contribution is -1.87. The first-order valence-corrected chi connectivity index (χ1v) is 7.12. The lowest BCUT2D eigenvalue weighted by Gasteiger charge is -2.06. The fourth-order valence-electron chi connectivity index (χ4n) is 2.50. The van der Waals surface area contributed by atoms with Crippen LogP contribution in [0.25, 0.3) is 33.2 Å². The van der Waals surface area contributed by atoms with Crippen molar-refractivity contribution in [3.05, 3.63) is 71.4 Å². The molecule has 0 saturated carbocycles. The summed E-state index contributed by atoms with van der Waals surface area (Å²) in [6.45, 7) is 0. The van der Waals surface area contributed by atoms with Gasteiger partial charge in [0.05, 0.1) is 5.39 Å². The molecule has 100 valence electrons. The monoisotopic (exact) mass is 289 g/mol. The van der Waals surface area contributed by atoms with Crippen LogP contribution >= 0.6 is 12.2 Å². The summed E-state index contributed by atoms with van der Waals surface area (Å²) in [4.78, 5) is 4.43. The molecule has 4 aromatic rings. The Bertz CT molecular complexity index is 1010. The van der Waals surface area contributed by atoms with E-state index >= 15 is 0 Å². The molecule has 0 aliphatic carbocycles. The van der Waals surface area contributed by atoms with Gasteiger partial charge in [-0.1, -0.05) is 60.7 Å². The Morgan fingerprint density at radius 1 is 0.762 bits per heavy atom. The second-order valence-corrected chi connectivity index (χ2v) is 5.24. The predicted molar refractivity (Wildman–Crippen MR) is 87.8 cm³/mol. The van der Waals surface area contributed by atoms with Crippen LogP contribution in [0.15, 0.2) is 71.1 Å². The third-order valence-electron chi connectivity index (χ3n) is 3.53. The maximum atomic E-state index is 6.06. The van der Waals surface area contributed by atoms with E-state index in [1.807, 2.05) is 60.7 Å². The number of fused-ring (bicyclic) bond motifs is 3. The van der Waals surface area contributed by atoms with Crippen molar-refractivity contribution < 1.29 is 4.42 Å². The number of benzene rings is 3. The molecule has 3 heteroatoms. The van der Waals surface area contributed by atoms with Crippen molar-refractivity contribution in [2.45, 2.75) is 0 Å². The average Bonchev–Trinajstić information content (AvgIpc) is 2.55. The number of hydrogen-bond acceptors (Lipinski definition) is 3. The Morgan fingerprint density at radius 3 is 2.38 bits per heavy atom. The maximum Gasteiger partial charge on any atom is 0.227 e. The summed E-state index contributed by atoms with van der Waals surface area (Å²) in [5.41, 5.74) is 1.73. The molecule has 0 bridgehead atoms. The molecule has 21 heavy (non-hydrogen) atoms. The average molecular weight is 289 g/mol. The highest BCUT2D eigenvalue weighted by Crippen LogP contribution is 2.29. The smallest absolute Gasteiger partial charge is 0.227 e. The van der Waals surface area contributed by atoms with Gasteiger partial charge in [0.15, 0.2) is 0 Å². The van der Waals surface area contributed by atoms with Gasteiger partial charge in [-0.25, -0.2) is 4.98 Å². The van der Waals surface area contributed by atoms with Gasteiger partial charge in [-0.3, -0.25) is 0 Å². The SMILES string of the molecule is S=c1nc(-c2ccccc2)oc2c1ccc1ccccc12. The Balaban J connectivity index is 2.13. The van der Waals surface area contributed by atoms with Gasteiger partial charge >= 0.3 is 0 Å². The minimum absolute atomic E-state index is 0.560. The topological polar surface area (TPSA) is 26.0 Å². The third kappa shape index (κ3) is 2.03. The number of rotatable bonds is 1. The Morgan fingerprint density at radius 2 is 1.52 bits per heavy atom. The van der Waals surface area contributed by atoms with E-state index in [9.17, 15) is 0 Å². The predicted octanol–water partition coefficient (Wildman–Crippen LogP) is 5.38. The van der Waals surface area contributed by atoms with Crippen LogP contribution < -0.4 is 0 Å². The van der Waals surface area contributed by atoms with Gasteiger partial charge in [0.25, 0.3) is 0 Å². The van der Waals surface area contributed by atoms with Gasteiger partial charge in [0, 0.05) is 10.9 Å². The zero-order chi connectivity index (χ0) is 14.2. The first kappa shape index (κ1) is 12.2. The van der Waals surface area contributed by atoms with Crippen LogP contribution in [0.2, 0.25) is 0 Å². The van der Waals surface area contributed by atoms with Gasteiger partial charge in [-0.2, -0.15) is 0 Å². The number of hydrogen-bond donors (Lipinski definition) is 0.